The molecule has 0 aromatic heterocycles. The van der Waals surface area contributed by atoms with Crippen LogP contribution >= 0.6 is 15.9 Å². The van der Waals surface area contributed by atoms with Gasteiger partial charge in [-0.15, -0.1) is 0 Å². The van der Waals surface area contributed by atoms with Crippen molar-refractivity contribution >= 4 is 21.6 Å². The number of nitrogens with one attached hydrogen (secondary N) is 1. The predicted octanol–water partition coefficient (Wildman–Crippen LogP) is 5.14. The zero-order valence-electron chi connectivity index (χ0n) is 13.7. The van der Waals surface area contributed by atoms with Gasteiger partial charge in [-0.1, -0.05) is 42.3 Å². The number of hydrogen-bond acceptors (Lipinski definition) is 2. The predicted molar refractivity (Wildman–Crippen MR) is 96.1 cm³/mol. The highest BCUT2D eigenvalue weighted by molar-refractivity contribution is 9.10. The highest BCUT2D eigenvalue weighted by Crippen LogP contribution is 2.34. The fourth-order valence-electron chi connectivity index (χ4n) is 3.32. The van der Waals surface area contributed by atoms with Crippen LogP contribution in [0.1, 0.15) is 58.1 Å². The molecule has 0 radical (unpaired) electrons. The Bertz CT molecular complexity index is 447. The van der Waals surface area contributed by atoms with Gasteiger partial charge in [0.25, 0.3) is 0 Å². The van der Waals surface area contributed by atoms with Crippen molar-refractivity contribution in [3.63, 3.8) is 0 Å². The lowest BCUT2D eigenvalue weighted by atomic mass is 10.0. The number of nitrogens with zero attached hydrogens (tertiary/aromatic N) is 1. The molecule has 1 heterocycles. The summed E-state index contributed by atoms with van der Waals surface area (Å²) in [6.45, 7) is 10.3. The molecule has 118 valence electrons. The van der Waals surface area contributed by atoms with Crippen LogP contribution in [-0.4, -0.2) is 19.6 Å². The topological polar surface area (TPSA) is 15.3 Å². The van der Waals surface area contributed by atoms with Crippen molar-refractivity contribution in [3.8, 4) is 0 Å². The fraction of sp³-hybridized carbons (Fsp3) is 0.667. The van der Waals surface area contributed by atoms with E-state index >= 15 is 0 Å². The number of rotatable bonds is 7. The molecule has 2 nitrogen and oxygen atoms in total. The number of hydrogen-bond donors (Lipinski definition) is 1. The molecule has 21 heavy (non-hydrogen) atoms. The lowest BCUT2D eigenvalue weighted by molar-refractivity contribution is 0.529. The largest absolute Gasteiger partial charge is 0.371 e. The molecular weight excluding hydrogens is 324 g/mol. The number of halogens is 1. The van der Waals surface area contributed by atoms with Crippen molar-refractivity contribution in [2.24, 2.45) is 5.92 Å². The SMILES string of the molecule is CCCNC(C)c1ccc(Br)cc1N1CCC(CCC)C1. The Kier molecular flexibility index (Phi) is 6.56. The summed E-state index contributed by atoms with van der Waals surface area (Å²) >= 11 is 3.64. The Morgan fingerprint density at radius 3 is 2.86 bits per heavy atom. The van der Waals surface area contributed by atoms with Crippen LogP contribution in [0, 0.1) is 5.92 Å². The number of anilines is 1. The molecule has 0 bridgehead atoms. The molecule has 2 atom stereocenters. The highest BCUT2D eigenvalue weighted by atomic mass is 79.9. The van der Waals surface area contributed by atoms with E-state index in [1.165, 1.54) is 54.5 Å². The van der Waals surface area contributed by atoms with E-state index in [1.54, 1.807) is 0 Å². The van der Waals surface area contributed by atoms with Crippen molar-refractivity contribution in [1.82, 2.24) is 5.32 Å². The molecule has 2 rings (SSSR count). The molecule has 0 saturated carbocycles. The van der Waals surface area contributed by atoms with E-state index in [0.29, 0.717) is 6.04 Å². The molecule has 1 fully saturated rings. The summed E-state index contributed by atoms with van der Waals surface area (Å²) in [6.07, 6.45) is 5.19. The first kappa shape index (κ1) is 16.8. The van der Waals surface area contributed by atoms with Gasteiger partial charge in [-0.2, -0.15) is 0 Å². The van der Waals surface area contributed by atoms with Gasteiger partial charge < -0.3 is 10.2 Å². The summed E-state index contributed by atoms with van der Waals surface area (Å²) in [5.74, 6) is 0.876. The summed E-state index contributed by atoms with van der Waals surface area (Å²) in [5.41, 5.74) is 2.85. The Hall–Kier alpha value is -0.540. The van der Waals surface area contributed by atoms with Gasteiger partial charge >= 0.3 is 0 Å². The van der Waals surface area contributed by atoms with Crippen molar-refractivity contribution in [1.29, 1.82) is 0 Å². The zero-order valence-corrected chi connectivity index (χ0v) is 15.2. The summed E-state index contributed by atoms with van der Waals surface area (Å²) in [7, 11) is 0. The normalized spacial score (nSPS) is 20.0. The van der Waals surface area contributed by atoms with Gasteiger partial charge in [0.05, 0.1) is 0 Å². The Labute approximate surface area is 138 Å². The van der Waals surface area contributed by atoms with E-state index < -0.39 is 0 Å². The van der Waals surface area contributed by atoms with E-state index in [2.05, 4.69) is 65.1 Å². The van der Waals surface area contributed by atoms with Gasteiger partial charge in [-0.3, -0.25) is 0 Å². The van der Waals surface area contributed by atoms with E-state index in [9.17, 15) is 0 Å². The van der Waals surface area contributed by atoms with Crippen LogP contribution < -0.4 is 10.2 Å². The lowest BCUT2D eigenvalue weighted by Gasteiger charge is -2.26. The maximum atomic E-state index is 3.64. The standard InChI is InChI=1S/C18H29BrN2/c1-4-6-15-9-11-21(13-15)18-12-16(19)7-8-17(18)14(3)20-10-5-2/h7-8,12,14-15,20H,4-6,9-11,13H2,1-3H3. The molecule has 1 aromatic rings. The summed E-state index contributed by atoms with van der Waals surface area (Å²) in [5, 5.41) is 3.63. The molecule has 1 aliphatic rings. The molecule has 3 heteroatoms. The van der Waals surface area contributed by atoms with Gasteiger partial charge in [-0.05, 0) is 56.3 Å². The molecule has 1 aliphatic heterocycles. The Balaban J connectivity index is 2.15. The van der Waals surface area contributed by atoms with Gasteiger partial charge in [0, 0.05) is 29.3 Å². The minimum Gasteiger partial charge on any atom is -0.371 e. The quantitative estimate of drug-likeness (QED) is 0.730. The first-order valence-electron chi connectivity index (χ1n) is 8.43. The molecule has 0 amide bonds. The van der Waals surface area contributed by atoms with Crippen LogP contribution in [0.4, 0.5) is 5.69 Å². The minimum absolute atomic E-state index is 0.415. The second kappa shape index (κ2) is 8.19. The van der Waals surface area contributed by atoms with Crippen molar-refractivity contribution in [3.05, 3.63) is 28.2 Å². The molecule has 0 aliphatic carbocycles. The van der Waals surface area contributed by atoms with Crippen molar-refractivity contribution in [2.45, 2.75) is 52.5 Å². The Morgan fingerprint density at radius 2 is 2.14 bits per heavy atom. The van der Waals surface area contributed by atoms with Crippen LogP contribution in [0.5, 0.6) is 0 Å². The number of benzene rings is 1. The fourth-order valence-corrected chi connectivity index (χ4v) is 3.67. The molecule has 0 spiro atoms. The van der Waals surface area contributed by atoms with Crippen LogP contribution in [0.15, 0.2) is 22.7 Å². The lowest BCUT2D eigenvalue weighted by Crippen LogP contribution is -2.25. The Morgan fingerprint density at radius 1 is 1.33 bits per heavy atom. The van der Waals surface area contributed by atoms with Crippen LogP contribution in [-0.2, 0) is 0 Å². The van der Waals surface area contributed by atoms with Gasteiger partial charge in [-0.25, -0.2) is 0 Å². The molecule has 1 N–H and O–H groups in total. The van der Waals surface area contributed by atoms with Gasteiger partial charge in [0.1, 0.15) is 0 Å². The first-order chi connectivity index (χ1) is 10.2. The third-order valence-electron chi connectivity index (χ3n) is 4.48. The third kappa shape index (κ3) is 4.46. The average Bonchev–Trinajstić information content (AvgIpc) is 2.93. The van der Waals surface area contributed by atoms with E-state index in [1.807, 2.05) is 0 Å². The minimum atomic E-state index is 0.415. The monoisotopic (exact) mass is 352 g/mol. The summed E-state index contributed by atoms with van der Waals surface area (Å²) in [6, 6.07) is 7.16. The maximum absolute atomic E-state index is 3.64. The van der Waals surface area contributed by atoms with Crippen molar-refractivity contribution in [2.75, 3.05) is 24.5 Å². The molecule has 1 aromatic carbocycles. The molecule has 2 unspecified atom stereocenters. The van der Waals surface area contributed by atoms with Crippen molar-refractivity contribution < 1.29 is 0 Å². The second-order valence-corrected chi connectivity index (χ2v) is 7.18. The second-order valence-electron chi connectivity index (χ2n) is 6.27. The summed E-state index contributed by atoms with van der Waals surface area (Å²) in [4.78, 5) is 2.59. The van der Waals surface area contributed by atoms with Gasteiger partial charge in [0.15, 0.2) is 0 Å². The van der Waals surface area contributed by atoms with E-state index in [0.717, 1.165) is 12.5 Å². The van der Waals surface area contributed by atoms with Crippen LogP contribution in [0.3, 0.4) is 0 Å². The molecular formula is C18H29BrN2. The van der Waals surface area contributed by atoms with Crippen LogP contribution in [0.25, 0.3) is 0 Å². The maximum Gasteiger partial charge on any atom is 0.0426 e. The smallest absolute Gasteiger partial charge is 0.0426 e. The third-order valence-corrected chi connectivity index (χ3v) is 4.98. The zero-order chi connectivity index (χ0) is 15.2. The van der Waals surface area contributed by atoms with E-state index in [4.69, 9.17) is 0 Å². The highest BCUT2D eigenvalue weighted by Gasteiger charge is 2.24. The summed E-state index contributed by atoms with van der Waals surface area (Å²) < 4.78 is 1.18. The average molecular weight is 353 g/mol. The molecule has 1 saturated heterocycles. The van der Waals surface area contributed by atoms with Gasteiger partial charge in [0.2, 0.25) is 0 Å². The first-order valence-corrected chi connectivity index (χ1v) is 9.22. The van der Waals surface area contributed by atoms with Crippen LogP contribution in [0.2, 0.25) is 0 Å². The van der Waals surface area contributed by atoms with E-state index in [-0.39, 0.29) is 0 Å².